The zero-order chi connectivity index (χ0) is 13.2. The van der Waals surface area contributed by atoms with Gasteiger partial charge in [0.1, 0.15) is 0 Å². The molecule has 5 heteroatoms. The predicted octanol–water partition coefficient (Wildman–Crippen LogP) is 3.04. The maximum absolute atomic E-state index is 11.5. The highest BCUT2D eigenvalue weighted by molar-refractivity contribution is 6.32. The summed E-state index contributed by atoms with van der Waals surface area (Å²) in [5, 5.41) is 0.473. The summed E-state index contributed by atoms with van der Waals surface area (Å²) in [6, 6.07) is 3.50. The van der Waals surface area contributed by atoms with Gasteiger partial charge in [0.2, 0.25) is 6.79 Å². The lowest BCUT2D eigenvalue weighted by molar-refractivity contribution is -0.138. The molecule has 1 fully saturated rings. The number of hydrogen-bond donors (Lipinski definition) is 0. The minimum absolute atomic E-state index is 0.172. The summed E-state index contributed by atoms with van der Waals surface area (Å²) in [4.78, 5) is 11.5. The molecule has 1 saturated carbocycles. The van der Waals surface area contributed by atoms with Gasteiger partial charge in [0.05, 0.1) is 11.6 Å². The Bertz CT molecular complexity index is 534. The molecule has 0 spiro atoms. The third kappa shape index (κ3) is 3.01. The average molecular weight is 281 g/mol. The van der Waals surface area contributed by atoms with Crippen LogP contribution >= 0.6 is 11.6 Å². The van der Waals surface area contributed by atoms with Gasteiger partial charge in [-0.2, -0.15) is 0 Å². The molecule has 1 aliphatic heterocycles. The van der Waals surface area contributed by atoms with E-state index in [0.717, 1.165) is 18.4 Å². The van der Waals surface area contributed by atoms with E-state index in [1.807, 2.05) is 0 Å². The van der Waals surface area contributed by atoms with Crippen molar-refractivity contribution in [3.05, 3.63) is 28.8 Å². The molecule has 3 rings (SSSR count). The first-order chi connectivity index (χ1) is 9.22. The zero-order valence-corrected chi connectivity index (χ0v) is 11.0. The van der Waals surface area contributed by atoms with E-state index in [0.29, 0.717) is 29.0 Å². The Hall–Kier alpha value is -1.68. The molecule has 2 aliphatic rings. The van der Waals surface area contributed by atoms with Crippen molar-refractivity contribution < 1.29 is 19.0 Å². The van der Waals surface area contributed by atoms with Crippen LogP contribution in [-0.2, 0) is 9.53 Å². The van der Waals surface area contributed by atoms with E-state index in [1.165, 1.54) is 6.08 Å². The van der Waals surface area contributed by atoms with Crippen molar-refractivity contribution in [3.63, 3.8) is 0 Å². The number of ether oxygens (including phenoxy) is 3. The summed E-state index contributed by atoms with van der Waals surface area (Å²) >= 11 is 6.05. The number of carbonyl (C=O) groups is 1. The fourth-order valence-electron chi connectivity index (χ4n) is 1.78. The van der Waals surface area contributed by atoms with Gasteiger partial charge >= 0.3 is 5.97 Å². The summed E-state index contributed by atoms with van der Waals surface area (Å²) in [7, 11) is 0. The minimum atomic E-state index is -0.333. The highest BCUT2D eigenvalue weighted by atomic mass is 35.5. The number of esters is 1. The molecule has 1 heterocycles. The van der Waals surface area contributed by atoms with E-state index in [1.54, 1.807) is 18.2 Å². The van der Waals surface area contributed by atoms with E-state index in [4.69, 9.17) is 25.8 Å². The highest BCUT2D eigenvalue weighted by Crippen LogP contribution is 2.40. The molecule has 0 aromatic heterocycles. The maximum Gasteiger partial charge on any atom is 0.330 e. The first kappa shape index (κ1) is 12.4. The molecular formula is C14H13ClO4. The number of carbonyl (C=O) groups excluding carboxylic acids is 1. The smallest absolute Gasteiger partial charge is 0.330 e. The molecule has 4 nitrogen and oxygen atoms in total. The van der Waals surface area contributed by atoms with Gasteiger partial charge in [-0.15, -0.1) is 0 Å². The lowest BCUT2D eigenvalue weighted by atomic mass is 10.2. The first-order valence-electron chi connectivity index (χ1n) is 6.16. The van der Waals surface area contributed by atoms with Crippen LogP contribution in [0.2, 0.25) is 5.02 Å². The monoisotopic (exact) mass is 280 g/mol. The van der Waals surface area contributed by atoms with Crippen LogP contribution in [0.3, 0.4) is 0 Å². The molecule has 1 aromatic carbocycles. The fourth-order valence-corrected chi connectivity index (χ4v) is 2.05. The Balaban J connectivity index is 1.65. The molecule has 0 bridgehead atoms. The zero-order valence-electron chi connectivity index (χ0n) is 10.2. The molecule has 1 aromatic rings. The standard InChI is InChI=1S/C14H13ClO4/c15-11-5-10(6-12-14(11)19-8-18-12)3-4-13(16)17-7-9-1-2-9/h3-6,9H,1-2,7-8H2. The second kappa shape index (κ2) is 5.13. The third-order valence-corrected chi connectivity index (χ3v) is 3.30. The Morgan fingerprint density at radius 3 is 3.05 bits per heavy atom. The SMILES string of the molecule is O=C(C=Cc1cc(Cl)c2c(c1)OCO2)OCC1CC1. The highest BCUT2D eigenvalue weighted by Gasteiger charge is 2.22. The van der Waals surface area contributed by atoms with Crippen molar-refractivity contribution in [1.29, 1.82) is 0 Å². The lowest BCUT2D eigenvalue weighted by Crippen LogP contribution is -2.03. The molecule has 19 heavy (non-hydrogen) atoms. The summed E-state index contributed by atoms with van der Waals surface area (Å²) in [5.41, 5.74) is 0.776. The van der Waals surface area contributed by atoms with Crippen LogP contribution in [0.25, 0.3) is 6.08 Å². The normalized spacial score (nSPS) is 16.9. The van der Waals surface area contributed by atoms with Gasteiger partial charge in [-0.3, -0.25) is 0 Å². The maximum atomic E-state index is 11.5. The number of benzene rings is 1. The minimum Gasteiger partial charge on any atom is -0.462 e. The Morgan fingerprint density at radius 1 is 1.42 bits per heavy atom. The van der Waals surface area contributed by atoms with Crippen molar-refractivity contribution in [2.45, 2.75) is 12.8 Å². The van der Waals surface area contributed by atoms with Crippen LogP contribution < -0.4 is 9.47 Å². The van der Waals surface area contributed by atoms with Crippen LogP contribution in [0.1, 0.15) is 18.4 Å². The van der Waals surface area contributed by atoms with Crippen molar-refractivity contribution >= 4 is 23.6 Å². The lowest BCUT2D eigenvalue weighted by Gasteiger charge is -2.01. The van der Waals surface area contributed by atoms with E-state index < -0.39 is 0 Å². The average Bonchev–Trinajstić information content (AvgIpc) is 3.10. The molecular weight excluding hydrogens is 268 g/mol. The van der Waals surface area contributed by atoms with Crippen LogP contribution in [0.5, 0.6) is 11.5 Å². The van der Waals surface area contributed by atoms with E-state index >= 15 is 0 Å². The molecule has 0 atom stereocenters. The fraction of sp³-hybridized carbons (Fsp3) is 0.357. The number of rotatable bonds is 4. The Kier molecular flexibility index (Phi) is 3.34. The summed E-state index contributed by atoms with van der Waals surface area (Å²) in [5.74, 6) is 1.38. The molecule has 0 N–H and O–H groups in total. The van der Waals surface area contributed by atoms with E-state index in [9.17, 15) is 4.79 Å². The largest absolute Gasteiger partial charge is 0.462 e. The molecule has 0 unspecified atom stereocenters. The first-order valence-corrected chi connectivity index (χ1v) is 6.54. The Morgan fingerprint density at radius 2 is 2.26 bits per heavy atom. The van der Waals surface area contributed by atoms with Gasteiger partial charge in [0.25, 0.3) is 0 Å². The molecule has 0 amide bonds. The molecule has 100 valence electrons. The predicted molar refractivity (Wildman–Crippen MR) is 70.3 cm³/mol. The topological polar surface area (TPSA) is 44.8 Å². The summed E-state index contributed by atoms with van der Waals surface area (Å²) in [6.07, 6.45) is 5.38. The van der Waals surface area contributed by atoms with E-state index in [2.05, 4.69) is 0 Å². The second-order valence-corrected chi connectivity index (χ2v) is 5.05. The van der Waals surface area contributed by atoms with Crippen molar-refractivity contribution in [2.24, 2.45) is 5.92 Å². The summed E-state index contributed by atoms with van der Waals surface area (Å²) in [6.45, 7) is 0.691. The van der Waals surface area contributed by atoms with Gasteiger partial charge in [0.15, 0.2) is 11.5 Å². The Labute approximate surface area is 115 Å². The van der Waals surface area contributed by atoms with Gasteiger partial charge in [0, 0.05) is 6.08 Å². The van der Waals surface area contributed by atoms with Gasteiger partial charge in [-0.1, -0.05) is 11.6 Å². The van der Waals surface area contributed by atoms with Crippen LogP contribution in [-0.4, -0.2) is 19.4 Å². The second-order valence-electron chi connectivity index (χ2n) is 4.64. The van der Waals surface area contributed by atoms with E-state index in [-0.39, 0.29) is 12.8 Å². The number of fused-ring (bicyclic) bond motifs is 1. The van der Waals surface area contributed by atoms with Crippen molar-refractivity contribution in [1.82, 2.24) is 0 Å². The molecule has 1 aliphatic carbocycles. The number of hydrogen-bond acceptors (Lipinski definition) is 4. The van der Waals surface area contributed by atoms with Gasteiger partial charge < -0.3 is 14.2 Å². The van der Waals surface area contributed by atoms with Crippen LogP contribution in [0.15, 0.2) is 18.2 Å². The third-order valence-electron chi connectivity index (χ3n) is 3.02. The van der Waals surface area contributed by atoms with Crippen LogP contribution in [0, 0.1) is 5.92 Å². The molecule has 0 saturated heterocycles. The number of halogens is 1. The quantitative estimate of drug-likeness (QED) is 0.628. The van der Waals surface area contributed by atoms with Crippen LogP contribution in [0.4, 0.5) is 0 Å². The van der Waals surface area contributed by atoms with Crippen molar-refractivity contribution in [3.8, 4) is 11.5 Å². The summed E-state index contributed by atoms with van der Waals surface area (Å²) < 4.78 is 15.6. The van der Waals surface area contributed by atoms with Gasteiger partial charge in [-0.05, 0) is 42.5 Å². The van der Waals surface area contributed by atoms with Crippen molar-refractivity contribution in [2.75, 3.05) is 13.4 Å². The molecule has 0 radical (unpaired) electrons. The van der Waals surface area contributed by atoms with Gasteiger partial charge in [-0.25, -0.2) is 4.79 Å².